The Morgan fingerprint density at radius 3 is 2.65 bits per heavy atom. The highest BCUT2D eigenvalue weighted by Crippen LogP contribution is 2.36. The fraction of sp³-hybridized carbons (Fsp3) is 0.375. The lowest BCUT2D eigenvalue weighted by Gasteiger charge is -2.20. The molecule has 0 aliphatic carbocycles. The molecular formula is C24H30N8O2. The van der Waals surface area contributed by atoms with Gasteiger partial charge in [-0.2, -0.15) is 5.10 Å². The molecule has 34 heavy (non-hydrogen) atoms. The number of amidine groups is 2. The number of primary amides is 1. The predicted octanol–water partition coefficient (Wildman–Crippen LogP) is 2.56. The number of amides is 1. The monoisotopic (exact) mass is 462 g/mol. The number of rotatable bonds is 5. The van der Waals surface area contributed by atoms with Crippen LogP contribution in [-0.4, -0.2) is 49.6 Å². The second-order valence-corrected chi connectivity index (χ2v) is 9.10. The molecule has 1 aromatic carbocycles. The molecule has 0 spiro atoms. The molecule has 0 fully saturated rings. The van der Waals surface area contributed by atoms with Crippen LogP contribution < -0.4 is 16.2 Å². The van der Waals surface area contributed by atoms with Gasteiger partial charge in [0.25, 0.3) is 0 Å². The summed E-state index contributed by atoms with van der Waals surface area (Å²) in [6.45, 7) is 10.3. The fourth-order valence-electron chi connectivity index (χ4n) is 3.62. The van der Waals surface area contributed by atoms with Crippen LogP contribution in [0, 0.1) is 0 Å². The lowest BCUT2D eigenvalue weighted by molar-refractivity contribution is -0.125. The van der Waals surface area contributed by atoms with Crippen molar-refractivity contribution in [3.05, 3.63) is 42.5 Å². The van der Waals surface area contributed by atoms with Crippen molar-refractivity contribution in [3.8, 4) is 28.3 Å². The number of nitrogens with two attached hydrogens (primary N) is 2. The van der Waals surface area contributed by atoms with Gasteiger partial charge in [0.1, 0.15) is 29.4 Å². The standard InChI is InChI=1S/C24H30N8O2/c1-14(2)28-21(29-15(3)25)19-13-31-8-9-34-20-10-16(6-7-18(20)22(31)30-19)17-11-27-32(12-17)24(4,5)23(26)33/h6-7,10-14H,8-9H2,1-5H3,(H2,26,33)(H2,25,28,29). The second kappa shape index (κ2) is 8.77. The molecule has 4 rings (SSSR count). The first-order valence-corrected chi connectivity index (χ1v) is 11.1. The minimum Gasteiger partial charge on any atom is -0.491 e. The summed E-state index contributed by atoms with van der Waals surface area (Å²) < 4.78 is 9.68. The minimum atomic E-state index is -0.929. The van der Waals surface area contributed by atoms with Gasteiger partial charge < -0.3 is 20.8 Å². The number of fused-ring (bicyclic) bond motifs is 3. The average molecular weight is 463 g/mol. The Balaban J connectivity index is 1.73. The van der Waals surface area contributed by atoms with E-state index in [-0.39, 0.29) is 6.04 Å². The van der Waals surface area contributed by atoms with E-state index in [0.29, 0.717) is 30.5 Å². The number of ether oxygens (including phenoxy) is 1. The number of aromatic nitrogens is 4. The van der Waals surface area contributed by atoms with Crippen LogP contribution >= 0.6 is 0 Å². The third-order valence-electron chi connectivity index (χ3n) is 5.57. The van der Waals surface area contributed by atoms with Crippen LogP contribution in [-0.2, 0) is 16.9 Å². The summed E-state index contributed by atoms with van der Waals surface area (Å²) in [5.74, 6) is 1.98. The van der Waals surface area contributed by atoms with Crippen molar-refractivity contribution in [3.63, 3.8) is 0 Å². The lowest BCUT2D eigenvalue weighted by Crippen LogP contribution is -2.41. The maximum Gasteiger partial charge on any atom is 0.244 e. The molecule has 0 saturated heterocycles. The summed E-state index contributed by atoms with van der Waals surface area (Å²) >= 11 is 0. The van der Waals surface area contributed by atoms with Gasteiger partial charge in [-0.05, 0) is 52.3 Å². The molecule has 10 nitrogen and oxygen atoms in total. The van der Waals surface area contributed by atoms with Gasteiger partial charge in [-0.3, -0.25) is 14.5 Å². The summed E-state index contributed by atoms with van der Waals surface area (Å²) in [5.41, 5.74) is 13.7. The number of nitrogens with zero attached hydrogens (tertiary/aromatic N) is 6. The molecule has 0 radical (unpaired) electrons. The maximum absolute atomic E-state index is 11.8. The van der Waals surface area contributed by atoms with E-state index in [1.807, 2.05) is 49.0 Å². The Kier molecular flexibility index (Phi) is 5.99. The first-order chi connectivity index (χ1) is 16.1. The van der Waals surface area contributed by atoms with E-state index >= 15 is 0 Å². The van der Waals surface area contributed by atoms with Gasteiger partial charge in [-0.25, -0.2) is 9.98 Å². The molecule has 3 heterocycles. The highest BCUT2D eigenvalue weighted by Gasteiger charge is 2.28. The normalized spacial score (nSPS) is 14.4. The highest BCUT2D eigenvalue weighted by molar-refractivity contribution is 6.04. The van der Waals surface area contributed by atoms with Gasteiger partial charge in [-0.1, -0.05) is 6.07 Å². The zero-order chi connectivity index (χ0) is 24.6. The Bertz CT molecular complexity index is 1290. The summed E-state index contributed by atoms with van der Waals surface area (Å²) in [6, 6.07) is 5.98. The van der Waals surface area contributed by atoms with Gasteiger partial charge in [0.2, 0.25) is 5.91 Å². The Hall–Kier alpha value is -3.95. The third-order valence-corrected chi connectivity index (χ3v) is 5.57. The van der Waals surface area contributed by atoms with Crippen molar-refractivity contribution in [2.45, 2.75) is 52.7 Å². The summed E-state index contributed by atoms with van der Waals surface area (Å²) in [7, 11) is 0. The molecule has 10 heteroatoms. The summed E-state index contributed by atoms with van der Waals surface area (Å²) in [6.07, 6.45) is 5.46. The third kappa shape index (κ3) is 4.43. The summed E-state index contributed by atoms with van der Waals surface area (Å²) in [5, 5.41) is 4.34. The molecule has 1 aliphatic rings. The number of carbonyl (C=O) groups is 1. The number of hydrogen-bond donors (Lipinski definition) is 2. The van der Waals surface area contributed by atoms with Crippen LogP contribution in [0.5, 0.6) is 5.75 Å². The molecule has 0 saturated carbocycles. The van der Waals surface area contributed by atoms with E-state index in [2.05, 4.69) is 15.1 Å². The molecule has 3 aromatic rings. The smallest absolute Gasteiger partial charge is 0.244 e. The lowest BCUT2D eigenvalue weighted by atomic mass is 10.0. The van der Waals surface area contributed by atoms with Crippen molar-refractivity contribution < 1.29 is 9.53 Å². The topological polar surface area (TPSA) is 139 Å². The van der Waals surface area contributed by atoms with Crippen LogP contribution in [0.4, 0.5) is 0 Å². The van der Waals surface area contributed by atoms with E-state index in [0.717, 1.165) is 28.3 Å². The van der Waals surface area contributed by atoms with Crippen LogP contribution in [0.3, 0.4) is 0 Å². The zero-order valence-corrected chi connectivity index (χ0v) is 20.1. The van der Waals surface area contributed by atoms with E-state index in [9.17, 15) is 4.79 Å². The van der Waals surface area contributed by atoms with Gasteiger partial charge in [0.15, 0.2) is 5.84 Å². The Morgan fingerprint density at radius 2 is 1.97 bits per heavy atom. The fourth-order valence-corrected chi connectivity index (χ4v) is 3.62. The zero-order valence-electron chi connectivity index (χ0n) is 20.1. The van der Waals surface area contributed by atoms with E-state index < -0.39 is 11.4 Å². The molecule has 1 aliphatic heterocycles. The molecular weight excluding hydrogens is 432 g/mol. The van der Waals surface area contributed by atoms with Crippen molar-refractivity contribution in [2.24, 2.45) is 21.5 Å². The highest BCUT2D eigenvalue weighted by atomic mass is 16.5. The van der Waals surface area contributed by atoms with Crippen LogP contribution in [0.15, 0.2) is 46.8 Å². The van der Waals surface area contributed by atoms with E-state index in [1.165, 1.54) is 0 Å². The van der Waals surface area contributed by atoms with E-state index in [4.69, 9.17) is 21.2 Å². The molecule has 1 amide bonds. The van der Waals surface area contributed by atoms with Gasteiger partial charge in [0, 0.05) is 24.0 Å². The number of benzene rings is 1. The Morgan fingerprint density at radius 1 is 1.21 bits per heavy atom. The van der Waals surface area contributed by atoms with Crippen molar-refractivity contribution in [1.82, 2.24) is 19.3 Å². The molecule has 178 valence electrons. The van der Waals surface area contributed by atoms with Gasteiger partial charge >= 0.3 is 0 Å². The number of imidazole rings is 1. The Labute approximate surface area is 198 Å². The number of hydrogen-bond acceptors (Lipinski definition) is 5. The molecule has 0 atom stereocenters. The number of aliphatic imine (C=N–C) groups is 2. The minimum absolute atomic E-state index is 0.0539. The number of carbonyl (C=O) groups excluding carboxylic acids is 1. The molecule has 2 aromatic heterocycles. The predicted molar refractivity (Wildman–Crippen MR) is 132 cm³/mol. The second-order valence-electron chi connectivity index (χ2n) is 9.10. The van der Waals surface area contributed by atoms with Crippen molar-refractivity contribution >= 4 is 17.6 Å². The van der Waals surface area contributed by atoms with Crippen LogP contribution in [0.2, 0.25) is 0 Å². The van der Waals surface area contributed by atoms with E-state index in [1.54, 1.807) is 31.6 Å². The van der Waals surface area contributed by atoms with Crippen LogP contribution in [0.1, 0.15) is 40.3 Å². The molecule has 0 unspecified atom stereocenters. The van der Waals surface area contributed by atoms with Crippen LogP contribution in [0.25, 0.3) is 22.5 Å². The average Bonchev–Trinajstić information content (AvgIpc) is 3.38. The van der Waals surface area contributed by atoms with Gasteiger partial charge in [-0.15, -0.1) is 0 Å². The largest absolute Gasteiger partial charge is 0.491 e. The first kappa shape index (κ1) is 23.2. The molecule has 0 bridgehead atoms. The summed E-state index contributed by atoms with van der Waals surface area (Å²) in [4.78, 5) is 25.6. The van der Waals surface area contributed by atoms with Crippen molar-refractivity contribution in [2.75, 3.05) is 6.61 Å². The van der Waals surface area contributed by atoms with Crippen molar-refractivity contribution in [1.29, 1.82) is 0 Å². The quantitative estimate of drug-likeness (QED) is 0.443. The first-order valence-electron chi connectivity index (χ1n) is 11.1. The SMILES string of the molecule is CC(N)=NC(=NC(C)C)c1cn2c(n1)-c1ccc(-c3cnn(C(C)(C)C(N)=O)c3)cc1OCC2. The molecule has 4 N–H and O–H groups in total. The maximum atomic E-state index is 11.8. The van der Waals surface area contributed by atoms with Gasteiger partial charge in [0.05, 0.1) is 24.1 Å².